The van der Waals surface area contributed by atoms with Gasteiger partial charge in [-0.2, -0.15) is 0 Å². The van der Waals surface area contributed by atoms with Gasteiger partial charge in [-0.15, -0.1) is 0 Å². The van der Waals surface area contributed by atoms with Crippen LogP contribution < -0.4 is 10.6 Å². The second-order valence-electron chi connectivity index (χ2n) is 7.87. The van der Waals surface area contributed by atoms with Gasteiger partial charge in [0.1, 0.15) is 17.3 Å². The lowest BCUT2D eigenvalue weighted by atomic mass is 10.0. The largest absolute Gasteiger partial charge is 0.461 e. The van der Waals surface area contributed by atoms with Crippen LogP contribution in [0.15, 0.2) is 71.1 Å². The lowest BCUT2D eigenvalue weighted by Gasteiger charge is -2.32. The number of hydrogen-bond acceptors (Lipinski definition) is 3. The van der Waals surface area contributed by atoms with E-state index in [2.05, 4.69) is 10.6 Å². The number of rotatable bonds is 6. The van der Waals surface area contributed by atoms with Crippen LogP contribution in [0.2, 0.25) is 0 Å². The predicted molar refractivity (Wildman–Crippen MR) is 121 cm³/mol. The second-order valence-corrected chi connectivity index (χ2v) is 7.87. The standard InChI is InChI=1S/C25H26FN3O3/c26-22-9-5-4-8-21(22)23-12-10-20(32-23)11-13-24(30)27-19-14-16-29(17-15-19)25(31)28-18-6-2-1-3-7-18/h1-10,12,19H,11,13-17H2,(H,27,30)(H,28,31). The number of aryl methyl sites for hydroxylation is 1. The van der Waals surface area contributed by atoms with Gasteiger partial charge >= 0.3 is 6.03 Å². The lowest BCUT2D eigenvalue weighted by molar-refractivity contribution is -0.122. The predicted octanol–water partition coefficient (Wildman–Crippen LogP) is 4.83. The number of furan rings is 1. The van der Waals surface area contributed by atoms with Gasteiger partial charge in [0.15, 0.2) is 0 Å². The van der Waals surface area contributed by atoms with Gasteiger partial charge in [-0.25, -0.2) is 9.18 Å². The van der Waals surface area contributed by atoms with Crippen molar-refractivity contribution in [3.8, 4) is 11.3 Å². The van der Waals surface area contributed by atoms with Crippen LogP contribution in [0.3, 0.4) is 0 Å². The normalized spacial score (nSPS) is 14.2. The second kappa shape index (κ2) is 10.1. The minimum atomic E-state index is -0.338. The van der Waals surface area contributed by atoms with Crippen molar-refractivity contribution >= 4 is 17.6 Å². The van der Waals surface area contributed by atoms with Gasteiger partial charge in [0.05, 0.1) is 5.56 Å². The molecule has 4 rings (SSSR count). The van der Waals surface area contributed by atoms with Crippen molar-refractivity contribution in [2.45, 2.75) is 31.7 Å². The molecule has 1 aliphatic heterocycles. The van der Waals surface area contributed by atoms with E-state index in [9.17, 15) is 14.0 Å². The van der Waals surface area contributed by atoms with Gasteiger partial charge < -0.3 is 20.0 Å². The van der Waals surface area contributed by atoms with Gasteiger partial charge in [0, 0.05) is 37.7 Å². The van der Waals surface area contributed by atoms with Crippen molar-refractivity contribution in [1.82, 2.24) is 10.2 Å². The fraction of sp³-hybridized carbons (Fsp3) is 0.280. The maximum Gasteiger partial charge on any atom is 0.321 e. The molecule has 0 aliphatic carbocycles. The number of nitrogens with one attached hydrogen (secondary N) is 2. The van der Waals surface area contributed by atoms with Gasteiger partial charge in [-0.3, -0.25) is 4.79 Å². The number of halogens is 1. The van der Waals surface area contributed by atoms with Crippen LogP contribution in [0.25, 0.3) is 11.3 Å². The first kappa shape index (κ1) is 21.6. The Kier molecular flexibility index (Phi) is 6.84. The zero-order valence-corrected chi connectivity index (χ0v) is 17.7. The van der Waals surface area contributed by atoms with E-state index in [0.717, 1.165) is 5.69 Å². The zero-order chi connectivity index (χ0) is 22.3. The molecular formula is C25H26FN3O3. The molecular weight excluding hydrogens is 409 g/mol. The highest BCUT2D eigenvalue weighted by Crippen LogP contribution is 2.25. The van der Waals surface area contributed by atoms with Crippen molar-refractivity contribution in [1.29, 1.82) is 0 Å². The smallest absolute Gasteiger partial charge is 0.321 e. The van der Waals surface area contributed by atoms with E-state index in [1.54, 1.807) is 35.2 Å². The summed E-state index contributed by atoms with van der Waals surface area (Å²) in [5.41, 5.74) is 1.18. The molecule has 32 heavy (non-hydrogen) atoms. The Morgan fingerprint density at radius 2 is 1.69 bits per heavy atom. The molecule has 0 spiro atoms. The van der Waals surface area contributed by atoms with Crippen LogP contribution in [0.1, 0.15) is 25.0 Å². The molecule has 2 heterocycles. The quantitative estimate of drug-likeness (QED) is 0.582. The molecule has 0 atom stereocenters. The molecule has 3 aromatic rings. The summed E-state index contributed by atoms with van der Waals surface area (Å²) in [6, 6.07) is 19.2. The monoisotopic (exact) mass is 435 g/mol. The number of benzene rings is 2. The summed E-state index contributed by atoms with van der Waals surface area (Å²) in [6.07, 6.45) is 2.16. The van der Waals surface area contributed by atoms with Crippen molar-refractivity contribution in [3.05, 3.63) is 78.3 Å². The first-order valence-electron chi connectivity index (χ1n) is 10.8. The number of carbonyl (C=O) groups excluding carboxylic acids is 2. The van der Waals surface area contributed by atoms with E-state index in [1.807, 2.05) is 30.3 Å². The number of likely N-dealkylation sites (tertiary alicyclic amines) is 1. The molecule has 1 aromatic heterocycles. The summed E-state index contributed by atoms with van der Waals surface area (Å²) in [4.78, 5) is 26.5. The van der Waals surface area contributed by atoms with Gasteiger partial charge in [-0.1, -0.05) is 30.3 Å². The Balaban J connectivity index is 1.20. The number of hydrogen-bond donors (Lipinski definition) is 2. The van der Waals surface area contributed by atoms with Crippen molar-refractivity contribution < 1.29 is 18.4 Å². The zero-order valence-electron chi connectivity index (χ0n) is 17.7. The number of para-hydroxylation sites is 1. The Morgan fingerprint density at radius 1 is 0.969 bits per heavy atom. The summed E-state index contributed by atoms with van der Waals surface area (Å²) >= 11 is 0. The molecule has 3 amide bonds. The fourth-order valence-electron chi connectivity index (χ4n) is 3.81. The lowest BCUT2D eigenvalue weighted by Crippen LogP contribution is -2.47. The van der Waals surface area contributed by atoms with Crippen molar-refractivity contribution in [2.75, 3.05) is 18.4 Å². The number of amides is 3. The third-order valence-corrected chi connectivity index (χ3v) is 5.57. The summed E-state index contributed by atoms with van der Waals surface area (Å²) < 4.78 is 19.6. The van der Waals surface area contributed by atoms with Crippen LogP contribution in [-0.4, -0.2) is 36.0 Å². The first-order valence-corrected chi connectivity index (χ1v) is 10.8. The highest BCUT2D eigenvalue weighted by molar-refractivity contribution is 5.89. The molecule has 7 heteroatoms. The topological polar surface area (TPSA) is 74.6 Å². The third kappa shape index (κ3) is 5.55. The molecule has 0 bridgehead atoms. The van der Waals surface area contributed by atoms with E-state index in [-0.39, 0.29) is 23.8 Å². The molecule has 1 saturated heterocycles. The van der Waals surface area contributed by atoms with E-state index in [1.165, 1.54) is 6.07 Å². The first-order chi connectivity index (χ1) is 15.6. The molecule has 1 aliphatic rings. The number of nitrogens with zero attached hydrogens (tertiary/aromatic N) is 1. The molecule has 0 unspecified atom stereocenters. The molecule has 1 fully saturated rings. The van der Waals surface area contributed by atoms with Crippen LogP contribution >= 0.6 is 0 Å². The summed E-state index contributed by atoms with van der Waals surface area (Å²) in [5.74, 6) is 0.710. The Bertz CT molecular complexity index is 1060. The van der Waals surface area contributed by atoms with E-state index in [0.29, 0.717) is 55.9 Å². The van der Waals surface area contributed by atoms with E-state index >= 15 is 0 Å². The van der Waals surface area contributed by atoms with Crippen LogP contribution in [-0.2, 0) is 11.2 Å². The van der Waals surface area contributed by atoms with Gasteiger partial charge in [-0.05, 0) is 49.2 Å². The summed E-state index contributed by atoms with van der Waals surface area (Å²) in [5, 5.41) is 5.94. The SMILES string of the molecule is O=C(CCc1ccc(-c2ccccc2F)o1)NC1CCN(C(=O)Nc2ccccc2)CC1. The highest BCUT2D eigenvalue weighted by Gasteiger charge is 2.24. The minimum Gasteiger partial charge on any atom is -0.461 e. The Hall–Kier alpha value is -3.61. The molecule has 0 radical (unpaired) electrons. The fourth-order valence-corrected chi connectivity index (χ4v) is 3.81. The maximum absolute atomic E-state index is 13.9. The molecule has 6 nitrogen and oxygen atoms in total. The average molecular weight is 435 g/mol. The van der Waals surface area contributed by atoms with Crippen molar-refractivity contribution in [3.63, 3.8) is 0 Å². The maximum atomic E-state index is 13.9. The highest BCUT2D eigenvalue weighted by atomic mass is 19.1. The van der Waals surface area contributed by atoms with Crippen molar-refractivity contribution in [2.24, 2.45) is 0 Å². The number of urea groups is 1. The van der Waals surface area contributed by atoms with Gasteiger partial charge in [0.25, 0.3) is 0 Å². The Morgan fingerprint density at radius 3 is 2.44 bits per heavy atom. The van der Waals surface area contributed by atoms with Gasteiger partial charge in [0.2, 0.25) is 5.91 Å². The minimum absolute atomic E-state index is 0.0499. The molecule has 2 N–H and O–H groups in total. The molecule has 166 valence electrons. The van der Waals surface area contributed by atoms with E-state index in [4.69, 9.17) is 4.42 Å². The molecule has 2 aromatic carbocycles. The molecule has 0 saturated carbocycles. The number of carbonyl (C=O) groups is 2. The van der Waals surface area contributed by atoms with E-state index < -0.39 is 0 Å². The summed E-state index contributed by atoms with van der Waals surface area (Å²) in [7, 11) is 0. The number of anilines is 1. The average Bonchev–Trinajstić information content (AvgIpc) is 3.28. The third-order valence-electron chi connectivity index (χ3n) is 5.57. The van der Waals surface area contributed by atoms with Crippen LogP contribution in [0.4, 0.5) is 14.9 Å². The summed E-state index contributed by atoms with van der Waals surface area (Å²) in [6.45, 7) is 1.18. The Labute approximate surface area is 186 Å². The number of piperidine rings is 1. The van der Waals surface area contributed by atoms with Crippen LogP contribution in [0, 0.1) is 5.82 Å². The van der Waals surface area contributed by atoms with Crippen LogP contribution in [0.5, 0.6) is 0 Å².